The third-order valence-corrected chi connectivity index (χ3v) is 4.26. The highest BCUT2D eigenvalue weighted by Crippen LogP contribution is 2.38. The van der Waals surface area contributed by atoms with Crippen LogP contribution >= 0.6 is 0 Å². The van der Waals surface area contributed by atoms with Crippen molar-refractivity contribution in [3.8, 4) is 17.2 Å². The van der Waals surface area contributed by atoms with Crippen LogP contribution < -0.4 is 19.5 Å². The summed E-state index contributed by atoms with van der Waals surface area (Å²) >= 11 is 0. The Hall–Kier alpha value is -1.95. The van der Waals surface area contributed by atoms with Gasteiger partial charge in [-0.2, -0.15) is 0 Å². The van der Waals surface area contributed by atoms with Gasteiger partial charge in [-0.25, -0.2) is 0 Å². The lowest BCUT2D eigenvalue weighted by Gasteiger charge is -2.32. The van der Waals surface area contributed by atoms with Crippen LogP contribution in [0.1, 0.15) is 18.4 Å². The summed E-state index contributed by atoms with van der Waals surface area (Å²) in [6.45, 7) is 1.58. The lowest BCUT2D eigenvalue weighted by Crippen LogP contribution is -2.47. The van der Waals surface area contributed by atoms with E-state index in [9.17, 15) is 4.79 Å². The first-order valence-corrected chi connectivity index (χ1v) is 7.86. The first-order chi connectivity index (χ1) is 11.1. The van der Waals surface area contributed by atoms with Crippen LogP contribution in [0.5, 0.6) is 17.2 Å². The minimum atomic E-state index is 0.124. The van der Waals surface area contributed by atoms with Gasteiger partial charge in [-0.3, -0.25) is 4.79 Å². The molecule has 0 aliphatic carbocycles. The monoisotopic (exact) mass is 322 g/mol. The number of benzene rings is 1. The molecule has 6 nitrogen and oxygen atoms in total. The number of ether oxygens (including phenoxy) is 3. The summed E-state index contributed by atoms with van der Waals surface area (Å²) in [6.07, 6.45) is 2.48. The van der Waals surface area contributed by atoms with Gasteiger partial charge in [0.2, 0.25) is 11.7 Å². The second kappa shape index (κ2) is 8.06. The Morgan fingerprint density at radius 1 is 1.22 bits per heavy atom. The van der Waals surface area contributed by atoms with E-state index in [1.165, 1.54) is 0 Å². The number of amides is 1. The summed E-state index contributed by atoms with van der Waals surface area (Å²) in [5, 5.41) is 3.25. The summed E-state index contributed by atoms with van der Waals surface area (Å²) in [5.41, 5.74) is 0.857. The second-order valence-corrected chi connectivity index (χ2v) is 5.68. The summed E-state index contributed by atoms with van der Waals surface area (Å²) < 4.78 is 16.0. The fraction of sp³-hybridized carbons (Fsp3) is 0.588. The number of nitrogens with zero attached hydrogens (tertiary/aromatic N) is 1. The topological polar surface area (TPSA) is 60.0 Å². The van der Waals surface area contributed by atoms with Gasteiger partial charge >= 0.3 is 0 Å². The summed E-state index contributed by atoms with van der Waals surface area (Å²) in [6, 6.07) is 4.05. The summed E-state index contributed by atoms with van der Waals surface area (Å²) in [4.78, 5) is 14.5. The van der Waals surface area contributed by atoms with E-state index in [1.807, 2.05) is 24.1 Å². The van der Waals surface area contributed by atoms with E-state index in [0.717, 1.165) is 31.5 Å². The molecule has 23 heavy (non-hydrogen) atoms. The molecule has 0 aromatic heterocycles. The number of likely N-dealkylation sites (tertiary alicyclic amines) is 1. The van der Waals surface area contributed by atoms with E-state index < -0.39 is 0 Å². The Morgan fingerprint density at radius 3 is 2.39 bits per heavy atom. The molecule has 1 fully saturated rings. The molecule has 0 radical (unpaired) electrons. The molecule has 1 N–H and O–H groups in total. The number of likely N-dealkylation sites (N-methyl/N-ethyl adjacent to an activating group) is 1. The first-order valence-electron chi connectivity index (χ1n) is 7.86. The average molecular weight is 322 g/mol. The minimum absolute atomic E-state index is 0.124. The fourth-order valence-corrected chi connectivity index (χ4v) is 2.96. The number of carbonyl (C=O) groups excluding carboxylic acids is 1. The molecule has 1 saturated heterocycles. The molecule has 1 amide bonds. The highest BCUT2D eigenvalue weighted by atomic mass is 16.5. The maximum atomic E-state index is 12.6. The van der Waals surface area contributed by atoms with Crippen LogP contribution in [0.3, 0.4) is 0 Å². The molecule has 0 spiro atoms. The highest BCUT2D eigenvalue weighted by molar-refractivity contribution is 5.79. The predicted octanol–water partition coefficient (Wildman–Crippen LogP) is 1.47. The van der Waals surface area contributed by atoms with Crippen LogP contribution in [0.15, 0.2) is 12.1 Å². The van der Waals surface area contributed by atoms with Crippen molar-refractivity contribution in [2.45, 2.75) is 25.3 Å². The number of hydrogen-bond donors (Lipinski definition) is 1. The normalized spacial score (nSPS) is 17.7. The lowest BCUT2D eigenvalue weighted by atomic mass is 10.0. The zero-order valence-electron chi connectivity index (χ0n) is 14.3. The summed E-state index contributed by atoms with van der Waals surface area (Å²) in [7, 11) is 6.66. The van der Waals surface area contributed by atoms with Gasteiger partial charge in [-0.1, -0.05) is 0 Å². The van der Waals surface area contributed by atoms with E-state index in [1.54, 1.807) is 21.3 Å². The standard InChI is InChI=1S/C17H26N2O4/c1-18-13-6-5-7-19(11-13)16(20)10-12-8-14(21-2)17(23-4)15(9-12)22-3/h8-9,13,18H,5-7,10-11H2,1-4H3. The van der Waals surface area contributed by atoms with Gasteiger partial charge < -0.3 is 24.4 Å². The second-order valence-electron chi connectivity index (χ2n) is 5.68. The molecule has 1 unspecified atom stereocenters. The maximum absolute atomic E-state index is 12.6. The molecule has 1 atom stereocenters. The SMILES string of the molecule is CNC1CCCN(C(=O)Cc2cc(OC)c(OC)c(OC)c2)C1. The van der Waals surface area contributed by atoms with Crippen LogP contribution in [-0.4, -0.2) is 58.3 Å². The van der Waals surface area contributed by atoms with Gasteiger partial charge in [0.25, 0.3) is 0 Å². The quantitative estimate of drug-likeness (QED) is 0.859. The van der Waals surface area contributed by atoms with Crippen molar-refractivity contribution in [3.05, 3.63) is 17.7 Å². The van der Waals surface area contributed by atoms with Crippen LogP contribution in [0, 0.1) is 0 Å². The van der Waals surface area contributed by atoms with E-state index in [4.69, 9.17) is 14.2 Å². The molecule has 2 rings (SSSR count). The third-order valence-electron chi connectivity index (χ3n) is 4.26. The molecule has 128 valence electrons. The zero-order chi connectivity index (χ0) is 16.8. The zero-order valence-corrected chi connectivity index (χ0v) is 14.3. The maximum Gasteiger partial charge on any atom is 0.227 e. The van der Waals surface area contributed by atoms with Crippen molar-refractivity contribution in [2.24, 2.45) is 0 Å². The number of carbonyl (C=O) groups is 1. The Labute approximate surface area is 137 Å². The van der Waals surface area contributed by atoms with Crippen molar-refractivity contribution < 1.29 is 19.0 Å². The van der Waals surface area contributed by atoms with E-state index in [0.29, 0.717) is 29.7 Å². The Morgan fingerprint density at radius 2 is 1.87 bits per heavy atom. The molecule has 1 aliphatic heterocycles. The van der Waals surface area contributed by atoms with Crippen LogP contribution in [0.4, 0.5) is 0 Å². The van der Waals surface area contributed by atoms with Crippen molar-refractivity contribution in [1.29, 1.82) is 0 Å². The van der Waals surface area contributed by atoms with E-state index in [2.05, 4.69) is 5.32 Å². The number of hydrogen-bond acceptors (Lipinski definition) is 5. The van der Waals surface area contributed by atoms with Crippen molar-refractivity contribution in [3.63, 3.8) is 0 Å². The average Bonchev–Trinajstić information content (AvgIpc) is 2.60. The van der Waals surface area contributed by atoms with Crippen LogP contribution in [0.2, 0.25) is 0 Å². The third kappa shape index (κ3) is 4.07. The van der Waals surface area contributed by atoms with Crippen LogP contribution in [0.25, 0.3) is 0 Å². The fourth-order valence-electron chi connectivity index (χ4n) is 2.96. The van der Waals surface area contributed by atoms with Crippen molar-refractivity contribution in [1.82, 2.24) is 10.2 Å². The molecule has 0 saturated carbocycles. The van der Waals surface area contributed by atoms with Gasteiger partial charge in [0, 0.05) is 19.1 Å². The van der Waals surface area contributed by atoms with Gasteiger partial charge in [0.05, 0.1) is 27.8 Å². The Balaban J connectivity index is 2.14. The number of piperidine rings is 1. The largest absolute Gasteiger partial charge is 0.493 e. The predicted molar refractivity (Wildman–Crippen MR) is 88.5 cm³/mol. The molecule has 1 aliphatic rings. The number of methoxy groups -OCH3 is 3. The molecule has 6 heteroatoms. The molecule has 1 aromatic rings. The first kappa shape index (κ1) is 17.4. The Bertz CT molecular complexity index is 522. The van der Waals surface area contributed by atoms with E-state index >= 15 is 0 Å². The Kier molecular flexibility index (Phi) is 6.10. The van der Waals surface area contributed by atoms with Gasteiger partial charge in [-0.05, 0) is 37.6 Å². The number of nitrogens with one attached hydrogen (secondary N) is 1. The van der Waals surface area contributed by atoms with E-state index in [-0.39, 0.29) is 5.91 Å². The molecule has 1 aromatic carbocycles. The lowest BCUT2D eigenvalue weighted by molar-refractivity contribution is -0.131. The van der Waals surface area contributed by atoms with Gasteiger partial charge in [-0.15, -0.1) is 0 Å². The molecule has 0 bridgehead atoms. The van der Waals surface area contributed by atoms with Gasteiger partial charge in [0.1, 0.15) is 0 Å². The smallest absolute Gasteiger partial charge is 0.227 e. The molecular weight excluding hydrogens is 296 g/mol. The van der Waals surface area contributed by atoms with Gasteiger partial charge in [0.15, 0.2) is 11.5 Å². The molecule has 1 heterocycles. The van der Waals surface area contributed by atoms with Crippen molar-refractivity contribution in [2.75, 3.05) is 41.5 Å². The highest BCUT2D eigenvalue weighted by Gasteiger charge is 2.23. The minimum Gasteiger partial charge on any atom is -0.493 e. The van der Waals surface area contributed by atoms with Crippen molar-refractivity contribution >= 4 is 5.91 Å². The summed E-state index contributed by atoms with van der Waals surface area (Å²) in [5.74, 6) is 1.81. The molecular formula is C17H26N2O4. The number of rotatable bonds is 6. The van der Waals surface area contributed by atoms with Crippen LogP contribution in [-0.2, 0) is 11.2 Å².